The third kappa shape index (κ3) is 3.26. The highest BCUT2D eigenvalue weighted by molar-refractivity contribution is 7.92. The fourth-order valence-electron chi connectivity index (χ4n) is 4.69. The number of fused-ring (bicyclic) bond motifs is 4. The Morgan fingerprint density at radius 2 is 1.97 bits per heavy atom. The minimum Gasteiger partial charge on any atom is -0.495 e. The van der Waals surface area contributed by atoms with Crippen molar-refractivity contribution >= 4 is 21.6 Å². The minimum absolute atomic E-state index is 0.0185. The van der Waals surface area contributed by atoms with E-state index in [1.807, 2.05) is 12.1 Å². The molecule has 2 aliphatic carbocycles. The number of nitrogens with one attached hydrogen (secondary N) is 1. The van der Waals surface area contributed by atoms with Crippen molar-refractivity contribution in [2.75, 3.05) is 25.0 Å². The second-order valence-corrected chi connectivity index (χ2v) is 10.2. The molecule has 1 aromatic heterocycles. The molecule has 0 atom stereocenters. The first-order valence-corrected chi connectivity index (χ1v) is 12.2. The van der Waals surface area contributed by atoms with Crippen molar-refractivity contribution in [1.29, 1.82) is 0 Å². The Morgan fingerprint density at radius 3 is 2.73 bits per heavy atom. The summed E-state index contributed by atoms with van der Waals surface area (Å²) in [6.45, 7) is 1.02. The van der Waals surface area contributed by atoms with Gasteiger partial charge in [-0.05, 0) is 43.0 Å². The molecular weight excluding hydrogens is 444 g/mol. The van der Waals surface area contributed by atoms with Gasteiger partial charge in [-0.3, -0.25) is 4.72 Å². The van der Waals surface area contributed by atoms with Crippen molar-refractivity contribution in [2.45, 2.75) is 29.6 Å². The predicted octanol–water partition coefficient (Wildman–Crippen LogP) is 4.08. The summed E-state index contributed by atoms with van der Waals surface area (Å²) in [4.78, 5) is 0.0465. The maximum Gasteiger partial charge on any atom is 0.266 e. The van der Waals surface area contributed by atoms with Gasteiger partial charge in [0.25, 0.3) is 10.0 Å². The number of anilines is 1. The molecule has 170 valence electrons. The number of methoxy groups -OCH3 is 1. The molecule has 9 heteroatoms. The maximum atomic E-state index is 13.1. The lowest BCUT2D eigenvalue weighted by molar-refractivity contribution is 0.125. The zero-order valence-electron chi connectivity index (χ0n) is 18.0. The van der Waals surface area contributed by atoms with Gasteiger partial charge in [0, 0.05) is 22.1 Å². The number of sulfonamides is 1. The van der Waals surface area contributed by atoms with Gasteiger partial charge in [0.05, 0.1) is 7.11 Å². The minimum atomic E-state index is -3.92. The van der Waals surface area contributed by atoms with Gasteiger partial charge in [-0.1, -0.05) is 29.4 Å². The van der Waals surface area contributed by atoms with E-state index in [1.54, 1.807) is 24.5 Å². The SMILES string of the molecule is COc1ccccc1S(=O)(=O)Nc1noc2c1CC1(CC1)c1ccc(C3=COCCO3)cc1-2. The van der Waals surface area contributed by atoms with Gasteiger partial charge in [-0.2, -0.15) is 0 Å². The van der Waals surface area contributed by atoms with Crippen LogP contribution in [-0.2, 0) is 31.3 Å². The van der Waals surface area contributed by atoms with Crippen LogP contribution in [0.4, 0.5) is 5.82 Å². The highest BCUT2D eigenvalue weighted by Crippen LogP contribution is 2.58. The van der Waals surface area contributed by atoms with E-state index in [0.717, 1.165) is 29.5 Å². The van der Waals surface area contributed by atoms with Gasteiger partial charge in [0.15, 0.2) is 17.3 Å². The van der Waals surface area contributed by atoms with Gasteiger partial charge in [-0.25, -0.2) is 8.42 Å². The van der Waals surface area contributed by atoms with Crippen LogP contribution in [0.3, 0.4) is 0 Å². The normalized spacial score (nSPS) is 17.8. The smallest absolute Gasteiger partial charge is 0.266 e. The third-order valence-corrected chi connectivity index (χ3v) is 7.89. The zero-order chi connectivity index (χ0) is 22.6. The summed E-state index contributed by atoms with van der Waals surface area (Å²) in [5, 5.41) is 4.12. The average molecular weight is 467 g/mol. The summed E-state index contributed by atoms with van der Waals surface area (Å²) in [7, 11) is -2.48. The first kappa shape index (κ1) is 20.2. The van der Waals surface area contributed by atoms with E-state index >= 15 is 0 Å². The molecule has 2 heterocycles. The number of para-hydroxylation sites is 1. The Labute approximate surface area is 191 Å². The second kappa shape index (κ2) is 7.28. The Kier molecular flexibility index (Phi) is 4.45. The van der Waals surface area contributed by atoms with Crippen LogP contribution >= 0.6 is 0 Å². The number of ether oxygens (including phenoxy) is 3. The van der Waals surface area contributed by atoms with Gasteiger partial charge in [0.1, 0.15) is 30.1 Å². The number of aromatic nitrogens is 1. The molecule has 1 fully saturated rings. The summed E-state index contributed by atoms with van der Waals surface area (Å²) in [6.07, 6.45) is 4.36. The summed E-state index contributed by atoms with van der Waals surface area (Å²) >= 11 is 0. The summed E-state index contributed by atoms with van der Waals surface area (Å²) in [6, 6.07) is 12.6. The molecule has 0 unspecified atom stereocenters. The molecule has 0 saturated heterocycles. The van der Waals surface area contributed by atoms with Crippen molar-refractivity contribution < 1.29 is 27.2 Å². The molecule has 33 heavy (non-hydrogen) atoms. The van der Waals surface area contributed by atoms with E-state index in [2.05, 4.69) is 15.9 Å². The van der Waals surface area contributed by atoms with Crippen LogP contribution in [-0.4, -0.2) is 33.9 Å². The Balaban J connectivity index is 1.41. The molecular formula is C24H22N2O6S. The molecule has 1 saturated carbocycles. The van der Waals surface area contributed by atoms with E-state index in [9.17, 15) is 8.42 Å². The van der Waals surface area contributed by atoms with Crippen molar-refractivity contribution in [1.82, 2.24) is 5.16 Å². The van der Waals surface area contributed by atoms with Gasteiger partial charge >= 0.3 is 0 Å². The Bertz CT molecular complexity index is 1390. The van der Waals surface area contributed by atoms with Crippen LogP contribution < -0.4 is 9.46 Å². The van der Waals surface area contributed by atoms with E-state index in [1.165, 1.54) is 18.7 Å². The number of nitrogens with zero attached hydrogens (tertiary/aromatic N) is 1. The first-order chi connectivity index (χ1) is 16.0. The fourth-order valence-corrected chi connectivity index (χ4v) is 5.89. The number of hydrogen-bond donors (Lipinski definition) is 1. The molecule has 0 amide bonds. The summed E-state index contributed by atoms with van der Waals surface area (Å²) in [5.41, 5.74) is 3.74. The highest BCUT2D eigenvalue weighted by Gasteiger charge is 2.50. The van der Waals surface area contributed by atoms with Crippen molar-refractivity contribution in [3.8, 4) is 17.1 Å². The van der Waals surface area contributed by atoms with E-state index in [4.69, 9.17) is 18.7 Å². The zero-order valence-corrected chi connectivity index (χ0v) is 18.8. The largest absolute Gasteiger partial charge is 0.495 e. The maximum absolute atomic E-state index is 13.1. The van der Waals surface area contributed by atoms with Crippen molar-refractivity contribution in [3.05, 3.63) is 65.4 Å². The average Bonchev–Trinajstić information content (AvgIpc) is 3.52. The lowest BCUT2D eigenvalue weighted by Gasteiger charge is -2.25. The molecule has 6 rings (SSSR count). The van der Waals surface area contributed by atoms with Crippen LogP contribution in [0.1, 0.15) is 29.5 Å². The first-order valence-electron chi connectivity index (χ1n) is 10.7. The fraction of sp³-hybridized carbons (Fsp3) is 0.292. The number of rotatable bonds is 5. The quantitative estimate of drug-likeness (QED) is 0.605. The third-order valence-electron chi connectivity index (χ3n) is 6.52. The van der Waals surface area contributed by atoms with E-state index in [-0.39, 0.29) is 21.9 Å². The van der Waals surface area contributed by atoms with Crippen LogP contribution in [0.25, 0.3) is 17.1 Å². The second-order valence-electron chi connectivity index (χ2n) is 8.51. The molecule has 8 nitrogen and oxygen atoms in total. The van der Waals surface area contributed by atoms with Crippen LogP contribution in [0.15, 0.2) is 58.1 Å². The molecule has 1 aliphatic heterocycles. The molecule has 1 spiro atoms. The van der Waals surface area contributed by atoms with Gasteiger partial charge in [0.2, 0.25) is 0 Å². The van der Waals surface area contributed by atoms with Crippen LogP contribution in [0.2, 0.25) is 0 Å². The molecule has 0 bridgehead atoms. The summed E-state index contributed by atoms with van der Waals surface area (Å²) < 4.78 is 51.0. The summed E-state index contributed by atoms with van der Waals surface area (Å²) in [5.74, 6) is 1.73. The Hall–Kier alpha value is -3.46. The predicted molar refractivity (Wildman–Crippen MR) is 120 cm³/mol. The van der Waals surface area contributed by atoms with E-state index < -0.39 is 10.0 Å². The topological polar surface area (TPSA) is 99.9 Å². The van der Waals surface area contributed by atoms with Crippen molar-refractivity contribution in [3.63, 3.8) is 0 Å². The monoisotopic (exact) mass is 466 g/mol. The molecule has 3 aromatic rings. The van der Waals surface area contributed by atoms with Gasteiger partial charge in [-0.15, -0.1) is 0 Å². The van der Waals surface area contributed by atoms with E-state index in [0.29, 0.717) is 31.2 Å². The highest BCUT2D eigenvalue weighted by atomic mass is 32.2. The van der Waals surface area contributed by atoms with Crippen LogP contribution in [0.5, 0.6) is 5.75 Å². The molecule has 2 aromatic carbocycles. The lowest BCUT2D eigenvalue weighted by Crippen LogP contribution is -2.20. The molecule has 3 aliphatic rings. The molecule has 1 N–H and O–H groups in total. The number of hydrogen-bond acceptors (Lipinski definition) is 7. The molecule has 0 radical (unpaired) electrons. The number of benzene rings is 2. The Morgan fingerprint density at radius 1 is 1.12 bits per heavy atom. The lowest BCUT2D eigenvalue weighted by atomic mass is 9.78. The van der Waals surface area contributed by atoms with Crippen LogP contribution in [0, 0.1) is 0 Å². The standard InChI is InChI=1S/C24H22N2O6S/c1-29-19-4-2-3-5-21(19)33(27,28)26-23-17-13-24(8-9-24)18-7-6-15(20-14-30-10-11-31-20)12-16(18)22(17)32-25-23/h2-7,12,14H,8-11,13H2,1H3,(H,25,26). The van der Waals surface area contributed by atoms with Crippen molar-refractivity contribution in [2.24, 2.45) is 0 Å². The van der Waals surface area contributed by atoms with Gasteiger partial charge < -0.3 is 18.7 Å².